The molecule has 1 atom stereocenters. The quantitative estimate of drug-likeness (QED) is 0.714. The number of halogens is 3. The number of rotatable bonds is 7. The number of hydrogen-bond donors (Lipinski definition) is 1. The zero-order valence-electron chi connectivity index (χ0n) is 14.2. The van der Waals surface area contributed by atoms with E-state index in [-0.39, 0.29) is 30.5 Å². The summed E-state index contributed by atoms with van der Waals surface area (Å²) >= 11 is 13.6. The molecule has 142 valence electrons. The van der Waals surface area contributed by atoms with Crippen LogP contribution in [0, 0.1) is 0 Å². The van der Waals surface area contributed by atoms with Crippen molar-refractivity contribution in [1.82, 2.24) is 4.90 Å². The Morgan fingerprint density at radius 2 is 2.04 bits per heavy atom. The van der Waals surface area contributed by atoms with Crippen molar-refractivity contribution in [3.8, 4) is 0 Å². The molecule has 1 heterocycles. The van der Waals surface area contributed by atoms with Crippen molar-refractivity contribution < 1.29 is 9.53 Å². The Kier molecular flexibility index (Phi) is 10.5. The monoisotopic (exact) mass is 426 g/mol. The number of nitrogens with zero attached hydrogens (tertiary/aromatic N) is 1. The molecule has 8 heteroatoms. The lowest BCUT2D eigenvalue weighted by molar-refractivity contribution is -0.135. The molecule has 0 radical (unpaired) electrons. The first-order valence-corrected chi connectivity index (χ1v) is 10.2. The Hall–Kier alpha value is -0.170. The second-order valence-electron chi connectivity index (χ2n) is 5.97. The Morgan fingerprint density at radius 3 is 2.64 bits per heavy atom. The highest BCUT2D eigenvalue weighted by Gasteiger charge is 2.26. The van der Waals surface area contributed by atoms with Gasteiger partial charge in [0.2, 0.25) is 5.91 Å². The lowest BCUT2D eigenvalue weighted by Gasteiger charge is -2.33. The molecule has 0 aromatic heterocycles. The number of likely N-dealkylation sites (tertiary alicyclic amines) is 1. The van der Waals surface area contributed by atoms with Crippen molar-refractivity contribution >= 4 is 53.3 Å². The van der Waals surface area contributed by atoms with E-state index >= 15 is 0 Å². The third-order valence-electron chi connectivity index (χ3n) is 4.17. The van der Waals surface area contributed by atoms with Crippen LogP contribution in [0.2, 0.25) is 10.0 Å². The van der Waals surface area contributed by atoms with E-state index in [1.54, 1.807) is 17.8 Å². The number of piperidine rings is 1. The molecule has 1 amide bonds. The van der Waals surface area contributed by atoms with Gasteiger partial charge in [-0.25, -0.2) is 0 Å². The van der Waals surface area contributed by atoms with Gasteiger partial charge in [-0.05, 0) is 49.0 Å². The van der Waals surface area contributed by atoms with E-state index < -0.39 is 0 Å². The molecule has 2 rings (SSSR count). The topological polar surface area (TPSA) is 55.6 Å². The molecule has 1 saturated heterocycles. The predicted octanol–water partition coefficient (Wildman–Crippen LogP) is 4.00. The van der Waals surface area contributed by atoms with E-state index in [0.717, 1.165) is 30.6 Å². The number of carbonyl (C=O) groups is 1. The van der Waals surface area contributed by atoms with Crippen LogP contribution >= 0.6 is 47.4 Å². The van der Waals surface area contributed by atoms with Gasteiger partial charge in [0.05, 0.1) is 28.8 Å². The molecule has 0 spiro atoms. The Balaban J connectivity index is 0.00000312. The van der Waals surface area contributed by atoms with Gasteiger partial charge in [-0.15, -0.1) is 12.4 Å². The van der Waals surface area contributed by atoms with Gasteiger partial charge < -0.3 is 15.4 Å². The van der Waals surface area contributed by atoms with Crippen LogP contribution in [0.25, 0.3) is 0 Å². The largest absolute Gasteiger partial charge is 0.373 e. The lowest BCUT2D eigenvalue weighted by atomic mass is 10.1. The van der Waals surface area contributed by atoms with Crippen LogP contribution in [0.15, 0.2) is 18.2 Å². The predicted molar refractivity (Wildman–Crippen MR) is 109 cm³/mol. The smallest absolute Gasteiger partial charge is 0.239 e. The van der Waals surface area contributed by atoms with E-state index in [0.29, 0.717) is 29.7 Å². The number of nitrogens with two attached hydrogens (primary N) is 1. The van der Waals surface area contributed by atoms with Crippen molar-refractivity contribution in [2.45, 2.75) is 38.0 Å². The minimum atomic E-state index is -0.383. The van der Waals surface area contributed by atoms with Crippen LogP contribution in [0.5, 0.6) is 0 Å². The number of amides is 1. The first kappa shape index (κ1) is 22.9. The fourth-order valence-corrected chi connectivity index (χ4v) is 3.50. The summed E-state index contributed by atoms with van der Waals surface area (Å²) in [7, 11) is 0. The van der Waals surface area contributed by atoms with Gasteiger partial charge >= 0.3 is 0 Å². The third kappa shape index (κ3) is 7.16. The summed E-state index contributed by atoms with van der Waals surface area (Å²) in [6.07, 6.45) is 4.58. The number of benzene rings is 1. The summed E-state index contributed by atoms with van der Waals surface area (Å²) in [6.45, 7) is 1.92. The van der Waals surface area contributed by atoms with Crippen molar-refractivity contribution in [3.63, 3.8) is 0 Å². The van der Waals surface area contributed by atoms with Gasteiger partial charge in [-0.3, -0.25) is 4.79 Å². The molecule has 1 aromatic carbocycles. The van der Waals surface area contributed by atoms with Crippen molar-refractivity contribution in [3.05, 3.63) is 33.8 Å². The highest BCUT2D eigenvalue weighted by Crippen LogP contribution is 2.24. The summed E-state index contributed by atoms with van der Waals surface area (Å²) in [5, 5.41) is 1.09. The second-order valence-corrected chi connectivity index (χ2v) is 7.77. The molecule has 1 aromatic rings. The number of ether oxygens (including phenoxy) is 1. The Labute approximate surface area is 170 Å². The molecular weight excluding hydrogens is 403 g/mol. The van der Waals surface area contributed by atoms with Gasteiger partial charge in [-0.2, -0.15) is 11.8 Å². The van der Waals surface area contributed by atoms with Gasteiger partial charge in [0, 0.05) is 13.1 Å². The highest BCUT2D eigenvalue weighted by molar-refractivity contribution is 7.98. The van der Waals surface area contributed by atoms with Crippen molar-refractivity contribution in [2.24, 2.45) is 5.73 Å². The summed E-state index contributed by atoms with van der Waals surface area (Å²) in [6, 6.07) is 5.14. The first-order chi connectivity index (χ1) is 11.5. The minimum absolute atomic E-state index is 0. The maximum Gasteiger partial charge on any atom is 0.239 e. The maximum atomic E-state index is 12.3. The van der Waals surface area contributed by atoms with Crippen LogP contribution < -0.4 is 5.73 Å². The SMILES string of the molecule is CSCC[C@H](N)C(=O)N1CCC(OCc2ccc(Cl)c(Cl)c2)CC1.Cl. The van der Waals surface area contributed by atoms with Crippen LogP contribution in [-0.2, 0) is 16.1 Å². The average molecular weight is 428 g/mol. The average Bonchev–Trinajstić information content (AvgIpc) is 2.60. The lowest BCUT2D eigenvalue weighted by Crippen LogP contribution is -2.48. The second kappa shape index (κ2) is 11.5. The van der Waals surface area contributed by atoms with E-state index in [9.17, 15) is 4.79 Å². The van der Waals surface area contributed by atoms with Crippen LogP contribution in [0.4, 0.5) is 0 Å². The van der Waals surface area contributed by atoms with E-state index in [1.165, 1.54) is 0 Å². The molecule has 0 unspecified atom stereocenters. The van der Waals surface area contributed by atoms with Crippen molar-refractivity contribution in [1.29, 1.82) is 0 Å². The molecule has 0 aliphatic carbocycles. The fourth-order valence-electron chi connectivity index (χ4n) is 2.69. The van der Waals surface area contributed by atoms with E-state index in [4.69, 9.17) is 33.7 Å². The first-order valence-electron chi connectivity index (χ1n) is 8.10. The molecule has 0 saturated carbocycles. The summed E-state index contributed by atoms with van der Waals surface area (Å²) < 4.78 is 5.94. The van der Waals surface area contributed by atoms with Crippen LogP contribution in [0.3, 0.4) is 0 Å². The summed E-state index contributed by atoms with van der Waals surface area (Å²) in [5.41, 5.74) is 6.97. The van der Waals surface area contributed by atoms with Crippen LogP contribution in [0.1, 0.15) is 24.8 Å². The normalized spacial score (nSPS) is 16.4. The van der Waals surface area contributed by atoms with Gasteiger partial charge in [0.15, 0.2) is 0 Å². The van der Waals surface area contributed by atoms with Gasteiger partial charge in [0.25, 0.3) is 0 Å². The summed E-state index contributed by atoms with van der Waals surface area (Å²) in [5.74, 6) is 0.975. The number of hydrogen-bond acceptors (Lipinski definition) is 4. The third-order valence-corrected chi connectivity index (χ3v) is 5.56. The molecule has 0 bridgehead atoms. The molecule has 1 fully saturated rings. The standard InChI is InChI=1S/C17H24Cl2N2O2S.ClH/c1-24-9-6-16(20)17(22)21-7-4-13(5-8-21)23-11-12-2-3-14(18)15(19)10-12;/h2-3,10,13,16H,4-9,11,20H2,1H3;1H/t16-;/m0./s1. The Morgan fingerprint density at radius 1 is 1.36 bits per heavy atom. The number of thioether (sulfide) groups is 1. The zero-order chi connectivity index (χ0) is 17.5. The number of carbonyl (C=O) groups excluding carboxylic acids is 1. The molecule has 1 aliphatic rings. The molecular formula is C17H25Cl3N2O2S. The van der Waals surface area contributed by atoms with Crippen LogP contribution in [-0.4, -0.2) is 48.1 Å². The van der Waals surface area contributed by atoms with Gasteiger partial charge in [-0.1, -0.05) is 29.3 Å². The minimum Gasteiger partial charge on any atom is -0.373 e. The Bertz CT molecular complexity index is 555. The van der Waals surface area contributed by atoms with Gasteiger partial charge in [0.1, 0.15) is 0 Å². The molecule has 25 heavy (non-hydrogen) atoms. The highest BCUT2D eigenvalue weighted by atomic mass is 35.5. The molecule has 4 nitrogen and oxygen atoms in total. The fraction of sp³-hybridized carbons (Fsp3) is 0.588. The van der Waals surface area contributed by atoms with E-state index in [2.05, 4.69) is 0 Å². The van der Waals surface area contributed by atoms with Crippen molar-refractivity contribution in [2.75, 3.05) is 25.1 Å². The maximum absolute atomic E-state index is 12.3. The molecule has 2 N–H and O–H groups in total. The summed E-state index contributed by atoms with van der Waals surface area (Å²) in [4.78, 5) is 14.1. The molecule has 1 aliphatic heterocycles. The van der Waals surface area contributed by atoms with E-state index in [1.807, 2.05) is 23.3 Å². The zero-order valence-corrected chi connectivity index (χ0v) is 17.4.